The molecule has 4 aromatic rings. The second kappa shape index (κ2) is 6.06. The van der Waals surface area contributed by atoms with E-state index in [2.05, 4.69) is 50.6 Å². The second-order valence-corrected chi connectivity index (χ2v) is 7.47. The number of aromatic nitrogens is 3. The Morgan fingerprint density at radius 1 is 1.04 bits per heavy atom. The maximum Gasteiger partial charge on any atom is 0.138 e. The third-order valence-corrected chi connectivity index (χ3v) is 5.49. The van der Waals surface area contributed by atoms with Crippen molar-refractivity contribution in [3.8, 4) is 10.4 Å². The molecular weight excluding hydrogens is 324 g/mol. The van der Waals surface area contributed by atoms with Crippen molar-refractivity contribution in [1.29, 1.82) is 0 Å². The third-order valence-electron chi connectivity index (χ3n) is 3.49. The standard InChI is InChI=1S/C17H14N4S2/c1-11-18-8-13(22-11)9-19-16-14-7-15(12-5-3-2-4-6-12)23-17(14)21-10-20-16/h2-8,10H,9H2,1H3,(H,19,20,21). The number of thiazole rings is 1. The molecule has 4 nitrogen and oxygen atoms in total. The van der Waals surface area contributed by atoms with Gasteiger partial charge in [-0.25, -0.2) is 15.0 Å². The number of anilines is 1. The van der Waals surface area contributed by atoms with Gasteiger partial charge in [0.2, 0.25) is 0 Å². The average Bonchev–Trinajstić information content (AvgIpc) is 3.20. The zero-order valence-electron chi connectivity index (χ0n) is 12.5. The molecule has 0 aliphatic carbocycles. The summed E-state index contributed by atoms with van der Waals surface area (Å²) in [5.41, 5.74) is 1.21. The molecule has 0 atom stereocenters. The van der Waals surface area contributed by atoms with Crippen molar-refractivity contribution in [2.24, 2.45) is 0 Å². The topological polar surface area (TPSA) is 50.7 Å². The molecule has 6 heteroatoms. The van der Waals surface area contributed by atoms with Crippen molar-refractivity contribution in [3.05, 3.63) is 58.8 Å². The lowest BCUT2D eigenvalue weighted by Crippen LogP contribution is -2.00. The molecule has 1 aromatic carbocycles. The van der Waals surface area contributed by atoms with E-state index in [1.54, 1.807) is 29.0 Å². The molecule has 0 aliphatic heterocycles. The van der Waals surface area contributed by atoms with E-state index in [1.807, 2.05) is 19.2 Å². The monoisotopic (exact) mass is 338 g/mol. The van der Waals surface area contributed by atoms with Crippen LogP contribution < -0.4 is 5.32 Å². The lowest BCUT2D eigenvalue weighted by Gasteiger charge is -2.03. The first-order chi connectivity index (χ1) is 11.3. The minimum absolute atomic E-state index is 0.730. The van der Waals surface area contributed by atoms with Crippen LogP contribution in [0.5, 0.6) is 0 Å². The van der Waals surface area contributed by atoms with E-state index in [0.717, 1.165) is 27.6 Å². The van der Waals surface area contributed by atoms with Crippen molar-refractivity contribution in [3.63, 3.8) is 0 Å². The summed E-state index contributed by atoms with van der Waals surface area (Å²) < 4.78 is 0. The highest BCUT2D eigenvalue weighted by Crippen LogP contribution is 2.34. The lowest BCUT2D eigenvalue weighted by atomic mass is 10.2. The van der Waals surface area contributed by atoms with E-state index in [4.69, 9.17) is 0 Å². The smallest absolute Gasteiger partial charge is 0.138 e. The number of nitrogens with one attached hydrogen (secondary N) is 1. The number of aryl methyl sites for hydroxylation is 1. The number of benzene rings is 1. The molecule has 114 valence electrons. The lowest BCUT2D eigenvalue weighted by molar-refractivity contribution is 1.12. The number of hydrogen-bond donors (Lipinski definition) is 1. The molecule has 0 bridgehead atoms. The van der Waals surface area contributed by atoms with Gasteiger partial charge >= 0.3 is 0 Å². The largest absolute Gasteiger partial charge is 0.364 e. The summed E-state index contributed by atoms with van der Waals surface area (Å²) in [6.07, 6.45) is 3.53. The first kappa shape index (κ1) is 14.3. The number of fused-ring (bicyclic) bond motifs is 1. The number of nitrogens with zero attached hydrogens (tertiary/aromatic N) is 3. The van der Waals surface area contributed by atoms with Gasteiger partial charge in [0.15, 0.2) is 0 Å². The average molecular weight is 338 g/mol. The van der Waals surface area contributed by atoms with Crippen LogP contribution in [0.15, 0.2) is 48.9 Å². The fraction of sp³-hybridized carbons (Fsp3) is 0.118. The number of hydrogen-bond acceptors (Lipinski definition) is 6. The molecule has 23 heavy (non-hydrogen) atoms. The van der Waals surface area contributed by atoms with Gasteiger partial charge in [0.25, 0.3) is 0 Å². The minimum atomic E-state index is 0.730. The van der Waals surface area contributed by atoms with Crippen molar-refractivity contribution >= 4 is 38.7 Å². The van der Waals surface area contributed by atoms with Crippen LogP contribution in [0.4, 0.5) is 5.82 Å². The van der Waals surface area contributed by atoms with E-state index < -0.39 is 0 Å². The van der Waals surface area contributed by atoms with E-state index in [-0.39, 0.29) is 0 Å². The van der Waals surface area contributed by atoms with E-state index in [0.29, 0.717) is 0 Å². The number of rotatable bonds is 4. The third kappa shape index (κ3) is 2.95. The van der Waals surface area contributed by atoms with Gasteiger partial charge in [-0.1, -0.05) is 30.3 Å². The molecule has 0 saturated heterocycles. The van der Waals surface area contributed by atoms with Gasteiger partial charge < -0.3 is 5.32 Å². The first-order valence-corrected chi connectivity index (χ1v) is 8.88. The SMILES string of the molecule is Cc1ncc(CNc2ncnc3sc(-c4ccccc4)cc23)s1. The highest BCUT2D eigenvalue weighted by atomic mass is 32.1. The van der Waals surface area contributed by atoms with Crippen molar-refractivity contribution in [2.75, 3.05) is 5.32 Å². The molecule has 4 rings (SSSR count). The van der Waals surface area contributed by atoms with Gasteiger partial charge in [0.05, 0.1) is 16.9 Å². The zero-order chi connectivity index (χ0) is 15.6. The van der Waals surface area contributed by atoms with E-state index in [1.165, 1.54) is 15.3 Å². The quantitative estimate of drug-likeness (QED) is 0.584. The van der Waals surface area contributed by atoms with Crippen molar-refractivity contribution < 1.29 is 0 Å². The molecule has 0 spiro atoms. The zero-order valence-corrected chi connectivity index (χ0v) is 14.1. The Bertz CT molecular complexity index is 944. The Hall–Kier alpha value is -2.31. The molecule has 0 radical (unpaired) electrons. The first-order valence-electron chi connectivity index (χ1n) is 7.25. The fourth-order valence-corrected chi connectivity index (χ4v) is 4.14. The van der Waals surface area contributed by atoms with Crippen LogP contribution in [0.3, 0.4) is 0 Å². The van der Waals surface area contributed by atoms with Gasteiger partial charge in [0.1, 0.15) is 17.0 Å². The summed E-state index contributed by atoms with van der Waals surface area (Å²) in [5.74, 6) is 0.875. The maximum absolute atomic E-state index is 4.40. The minimum Gasteiger partial charge on any atom is -0.364 e. The number of thiophene rings is 1. The molecule has 0 unspecified atom stereocenters. The van der Waals surface area contributed by atoms with Gasteiger partial charge in [-0.15, -0.1) is 22.7 Å². The Labute approximate surface area is 141 Å². The Kier molecular flexibility index (Phi) is 3.77. The van der Waals surface area contributed by atoms with Gasteiger partial charge in [0, 0.05) is 16.0 Å². The summed E-state index contributed by atoms with van der Waals surface area (Å²) in [6, 6.07) is 12.5. The fourth-order valence-electron chi connectivity index (χ4n) is 2.40. The van der Waals surface area contributed by atoms with Crippen LogP contribution in [0.1, 0.15) is 9.88 Å². The normalized spacial score (nSPS) is 11.0. The van der Waals surface area contributed by atoms with Crippen LogP contribution in [-0.4, -0.2) is 15.0 Å². The summed E-state index contributed by atoms with van der Waals surface area (Å²) in [4.78, 5) is 16.5. The van der Waals surface area contributed by atoms with Gasteiger partial charge in [-0.2, -0.15) is 0 Å². The Morgan fingerprint density at radius 3 is 2.70 bits per heavy atom. The molecule has 0 saturated carbocycles. The van der Waals surface area contributed by atoms with E-state index >= 15 is 0 Å². The van der Waals surface area contributed by atoms with Crippen molar-refractivity contribution in [1.82, 2.24) is 15.0 Å². The van der Waals surface area contributed by atoms with Crippen molar-refractivity contribution in [2.45, 2.75) is 13.5 Å². The molecular formula is C17H14N4S2. The second-order valence-electron chi connectivity index (χ2n) is 5.12. The molecule has 3 aromatic heterocycles. The highest BCUT2D eigenvalue weighted by molar-refractivity contribution is 7.21. The summed E-state index contributed by atoms with van der Waals surface area (Å²) in [7, 11) is 0. The van der Waals surface area contributed by atoms with Crippen LogP contribution >= 0.6 is 22.7 Å². The van der Waals surface area contributed by atoms with Crippen LogP contribution in [0.25, 0.3) is 20.7 Å². The van der Waals surface area contributed by atoms with Crippen LogP contribution in [0, 0.1) is 6.92 Å². The molecule has 0 fully saturated rings. The predicted molar refractivity (Wildman–Crippen MR) is 97.0 cm³/mol. The molecule has 0 amide bonds. The summed E-state index contributed by atoms with van der Waals surface area (Å²) in [6.45, 7) is 2.75. The molecule has 1 N–H and O–H groups in total. The summed E-state index contributed by atoms with van der Waals surface area (Å²) >= 11 is 3.39. The highest BCUT2D eigenvalue weighted by Gasteiger charge is 2.10. The van der Waals surface area contributed by atoms with Gasteiger partial charge in [-0.3, -0.25) is 0 Å². The van der Waals surface area contributed by atoms with Gasteiger partial charge in [-0.05, 0) is 18.6 Å². The predicted octanol–water partition coefficient (Wildman–Crippen LogP) is 4.74. The molecule has 3 heterocycles. The van der Waals surface area contributed by atoms with E-state index in [9.17, 15) is 0 Å². The van der Waals surface area contributed by atoms with Crippen LogP contribution in [-0.2, 0) is 6.54 Å². The Balaban J connectivity index is 1.66. The summed E-state index contributed by atoms with van der Waals surface area (Å²) in [5, 5.41) is 5.56. The van der Waals surface area contributed by atoms with Crippen LogP contribution in [0.2, 0.25) is 0 Å². The maximum atomic E-state index is 4.40. The Morgan fingerprint density at radius 2 is 1.91 bits per heavy atom. The molecule has 0 aliphatic rings.